The molecule has 0 rings (SSSR count). The van der Waals surface area contributed by atoms with E-state index in [0.29, 0.717) is 6.42 Å². The Hall–Kier alpha value is -1.26. The molecule has 15 heavy (non-hydrogen) atoms. The second-order valence-electron chi connectivity index (χ2n) is 3.21. The lowest BCUT2D eigenvalue weighted by Gasteiger charge is -2.05. The van der Waals surface area contributed by atoms with Crippen molar-refractivity contribution in [2.75, 3.05) is 0 Å². The number of halogens is 3. The zero-order valence-corrected chi connectivity index (χ0v) is 8.86. The quantitative estimate of drug-likeness (QED) is 0.441. The molecule has 0 fully saturated rings. The highest BCUT2D eigenvalue weighted by Crippen LogP contribution is 2.24. The van der Waals surface area contributed by atoms with Crippen LogP contribution in [0.5, 0.6) is 0 Å². The molecule has 5 heteroatoms. The van der Waals surface area contributed by atoms with Gasteiger partial charge < -0.3 is 5.73 Å². The molecule has 0 aromatic carbocycles. The predicted octanol–water partition coefficient (Wildman–Crippen LogP) is 3.17. The minimum atomic E-state index is -4.34. The van der Waals surface area contributed by atoms with E-state index in [-0.39, 0.29) is 5.84 Å². The number of hydrogen-bond acceptors (Lipinski definition) is 1. The van der Waals surface area contributed by atoms with Crippen LogP contribution >= 0.6 is 0 Å². The molecule has 0 unspecified atom stereocenters. The van der Waals surface area contributed by atoms with Crippen LogP contribution < -0.4 is 5.73 Å². The molecule has 86 valence electrons. The fourth-order valence-electron chi connectivity index (χ4n) is 0.680. The molecule has 2 nitrogen and oxygen atoms in total. The summed E-state index contributed by atoms with van der Waals surface area (Å²) < 4.78 is 36.1. The summed E-state index contributed by atoms with van der Waals surface area (Å²) in [6.07, 6.45) is -2.54. The van der Waals surface area contributed by atoms with Gasteiger partial charge in [-0.1, -0.05) is 19.1 Å². The molecule has 2 N–H and O–H groups in total. The zero-order chi connectivity index (χ0) is 12.1. The molecule has 0 aliphatic heterocycles. The summed E-state index contributed by atoms with van der Waals surface area (Å²) in [6.45, 7) is 6.53. The number of nitrogens with two attached hydrogens (primary N) is 1. The summed E-state index contributed by atoms with van der Waals surface area (Å²) in [6, 6.07) is 0. The van der Waals surface area contributed by atoms with E-state index in [1.165, 1.54) is 0 Å². The van der Waals surface area contributed by atoms with Gasteiger partial charge in [0.05, 0.1) is 0 Å². The van der Waals surface area contributed by atoms with Gasteiger partial charge in [-0.15, -0.1) is 0 Å². The van der Waals surface area contributed by atoms with E-state index >= 15 is 0 Å². The molecule has 0 spiro atoms. The van der Waals surface area contributed by atoms with E-state index in [1.54, 1.807) is 0 Å². The Balaban J connectivity index is 4.45. The van der Waals surface area contributed by atoms with Gasteiger partial charge in [-0.3, -0.25) is 0 Å². The van der Waals surface area contributed by atoms with E-state index in [1.807, 2.05) is 6.92 Å². The van der Waals surface area contributed by atoms with E-state index in [2.05, 4.69) is 11.6 Å². The van der Waals surface area contributed by atoms with Crippen molar-refractivity contribution in [2.24, 2.45) is 10.7 Å². The summed E-state index contributed by atoms with van der Waals surface area (Å²) in [7, 11) is 0. The van der Waals surface area contributed by atoms with Crippen LogP contribution in [0.3, 0.4) is 0 Å². The van der Waals surface area contributed by atoms with Crippen LogP contribution in [0.25, 0.3) is 0 Å². The van der Waals surface area contributed by atoms with Crippen LogP contribution in [0, 0.1) is 0 Å². The summed E-state index contributed by atoms with van der Waals surface area (Å²) in [4.78, 5) is 3.53. The van der Waals surface area contributed by atoms with Gasteiger partial charge in [-0.2, -0.15) is 13.2 Å². The van der Waals surface area contributed by atoms with Crippen molar-refractivity contribution < 1.29 is 13.2 Å². The van der Waals surface area contributed by atoms with Crippen LogP contribution in [0.15, 0.2) is 28.9 Å². The van der Waals surface area contributed by atoms with E-state index in [0.717, 1.165) is 25.1 Å². The first-order chi connectivity index (χ1) is 6.77. The lowest BCUT2D eigenvalue weighted by atomic mass is 10.1. The molecule has 0 bridgehead atoms. The summed E-state index contributed by atoms with van der Waals surface area (Å²) in [5.41, 5.74) is 5.49. The molecular weight excluding hydrogens is 205 g/mol. The highest BCUT2D eigenvalue weighted by Gasteiger charge is 2.29. The third-order valence-corrected chi connectivity index (χ3v) is 1.80. The van der Waals surface area contributed by atoms with Crippen LogP contribution in [-0.2, 0) is 0 Å². The predicted molar refractivity (Wildman–Crippen MR) is 55.5 cm³/mol. The summed E-state index contributed by atoms with van der Waals surface area (Å²) >= 11 is 0. The maximum atomic E-state index is 12.0. The largest absolute Gasteiger partial charge is 0.413 e. The fourth-order valence-corrected chi connectivity index (χ4v) is 0.680. The molecule has 0 aliphatic carbocycles. The second-order valence-corrected chi connectivity index (χ2v) is 3.21. The average molecular weight is 220 g/mol. The molecule has 0 aromatic heterocycles. The van der Waals surface area contributed by atoms with Crippen molar-refractivity contribution in [1.29, 1.82) is 0 Å². The van der Waals surface area contributed by atoms with Gasteiger partial charge in [-0.05, 0) is 13.3 Å². The highest BCUT2D eigenvalue weighted by molar-refractivity contribution is 5.83. The SMILES string of the molecule is C=C(CC)C/C(N)=N\C=C(/C)C(F)(F)F. The zero-order valence-electron chi connectivity index (χ0n) is 8.86. The molecule has 0 radical (unpaired) electrons. The standard InChI is InChI=1S/C10H15F3N2/c1-4-7(2)5-9(14)15-6-8(3)10(11,12)13/h6H,2,4-5H2,1,3H3,(H2,14,15)/b8-6+. The number of alkyl halides is 3. The van der Waals surface area contributed by atoms with Crippen LogP contribution in [0.1, 0.15) is 26.7 Å². The number of hydrogen-bond donors (Lipinski definition) is 1. The van der Waals surface area contributed by atoms with Gasteiger partial charge in [0.1, 0.15) is 5.84 Å². The van der Waals surface area contributed by atoms with E-state index < -0.39 is 11.7 Å². The number of nitrogens with zero attached hydrogens (tertiary/aromatic N) is 1. The summed E-state index contributed by atoms with van der Waals surface area (Å²) in [5, 5.41) is 0. The molecular formula is C10H15F3N2. The molecule has 0 saturated carbocycles. The summed E-state index contributed by atoms with van der Waals surface area (Å²) in [5.74, 6) is 0.144. The smallest absolute Gasteiger partial charge is 0.387 e. The maximum absolute atomic E-state index is 12.0. The molecule has 0 amide bonds. The van der Waals surface area contributed by atoms with Crippen molar-refractivity contribution in [1.82, 2.24) is 0 Å². The normalized spacial score (nSPS) is 14.2. The number of aliphatic imine (C=N–C) groups is 1. The Morgan fingerprint density at radius 3 is 2.40 bits per heavy atom. The Morgan fingerprint density at radius 2 is 2.00 bits per heavy atom. The van der Waals surface area contributed by atoms with Crippen LogP contribution in [-0.4, -0.2) is 12.0 Å². The fraction of sp³-hybridized carbons (Fsp3) is 0.500. The van der Waals surface area contributed by atoms with E-state index in [9.17, 15) is 13.2 Å². The number of allylic oxidation sites excluding steroid dienone is 1. The van der Waals surface area contributed by atoms with Gasteiger partial charge in [0.25, 0.3) is 0 Å². The Bertz CT molecular complexity index is 288. The van der Waals surface area contributed by atoms with Gasteiger partial charge in [0.2, 0.25) is 0 Å². The number of rotatable bonds is 4. The topological polar surface area (TPSA) is 38.4 Å². The first-order valence-electron chi connectivity index (χ1n) is 4.50. The lowest BCUT2D eigenvalue weighted by Crippen LogP contribution is -2.13. The van der Waals surface area contributed by atoms with Crippen molar-refractivity contribution >= 4 is 5.84 Å². The third-order valence-electron chi connectivity index (χ3n) is 1.80. The van der Waals surface area contributed by atoms with Crippen LogP contribution in [0.2, 0.25) is 0 Å². The van der Waals surface area contributed by atoms with Crippen molar-refractivity contribution in [2.45, 2.75) is 32.9 Å². The molecule has 0 aromatic rings. The molecule has 0 atom stereocenters. The van der Waals surface area contributed by atoms with Gasteiger partial charge >= 0.3 is 6.18 Å². The second kappa shape index (κ2) is 5.58. The van der Waals surface area contributed by atoms with Crippen molar-refractivity contribution in [3.05, 3.63) is 23.9 Å². The van der Waals surface area contributed by atoms with Gasteiger partial charge in [0, 0.05) is 18.2 Å². The number of amidine groups is 1. The van der Waals surface area contributed by atoms with Crippen LogP contribution in [0.4, 0.5) is 13.2 Å². The Kier molecular flexibility index (Phi) is 5.11. The Labute approximate surface area is 87.4 Å². The third kappa shape index (κ3) is 5.93. The molecule has 0 heterocycles. The molecule has 0 aliphatic rings. The molecule has 0 saturated heterocycles. The first-order valence-corrected chi connectivity index (χ1v) is 4.50. The minimum absolute atomic E-state index is 0.144. The lowest BCUT2D eigenvalue weighted by molar-refractivity contribution is -0.0914. The minimum Gasteiger partial charge on any atom is -0.387 e. The first kappa shape index (κ1) is 13.7. The van der Waals surface area contributed by atoms with Crippen molar-refractivity contribution in [3.8, 4) is 0 Å². The monoisotopic (exact) mass is 220 g/mol. The van der Waals surface area contributed by atoms with Gasteiger partial charge in [0.15, 0.2) is 0 Å². The van der Waals surface area contributed by atoms with Gasteiger partial charge in [-0.25, -0.2) is 4.99 Å². The average Bonchev–Trinajstić information content (AvgIpc) is 2.12. The van der Waals surface area contributed by atoms with E-state index in [4.69, 9.17) is 5.73 Å². The maximum Gasteiger partial charge on any atom is 0.413 e. The highest BCUT2D eigenvalue weighted by atomic mass is 19.4. The van der Waals surface area contributed by atoms with Crippen molar-refractivity contribution in [3.63, 3.8) is 0 Å². The Morgan fingerprint density at radius 1 is 1.47 bits per heavy atom.